The first-order valence-electron chi connectivity index (χ1n) is 8.23. The maximum Gasteiger partial charge on any atom is 0.224 e. The molecule has 0 spiro atoms. The van der Waals surface area contributed by atoms with Crippen LogP contribution in [0, 0.1) is 0 Å². The molecule has 0 atom stereocenters. The Labute approximate surface area is 147 Å². The lowest BCUT2D eigenvalue weighted by Crippen LogP contribution is -2.48. The van der Waals surface area contributed by atoms with Crippen LogP contribution >= 0.6 is 0 Å². The van der Waals surface area contributed by atoms with Gasteiger partial charge in [-0.3, -0.25) is 9.59 Å². The third-order valence-corrected chi connectivity index (χ3v) is 4.34. The van der Waals surface area contributed by atoms with Crippen molar-refractivity contribution < 1.29 is 14.3 Å². The largest absolute Gasteiger partial charge is 0.488 e. The third-order valence-electron chi connectivity index (χ3n) is 4.34. The molecule has 4 heteroatoms. The van der Waals surface area contributed by atoms with Gasteiger partial charge in [-0.25, -0.2) is 0 Å². The van der Waals surface area contributed by atoms with Crippen molar-refractivity contribution in [3.05, 3.63) is 65.7 Å². The van der Waals surface area contributed by atoms with Gasteiger partial charge in [0.1, 0.15) is 12.4 Å². The van der Waals surface area contributed by atoms with E-state index in [1.54, 1.807) is 30.0 Å². The summed E-state index contributed by atoms with van der Waals surface area (Å²) in [4.78, 5) is 25.1. The number of amides is 1. The number of carbonyl (C=O) groups is 2. The molecule has 1 heterocycles. The smallest absolute Gasteiger partial charge is 0.224 e. The molecule has 0 N–H and O–H groups in total. The van der Waals surface area contributed by atoms with Crippen LogP contribution in [-0.4, -0.2) is 24.3 Å². The Morgan fingerprint density at radius 2 is 1.80 bits per heavy atom. The Bertz CT molecular complexity index is 852. The highest BCUT2D eigenvalue weighted by atomic mass is 16.5. The van der Waals surface area contributed by atoms with E-state index in [2.05, 4.69) is 6.08 Å². The normalized spacial score (nSPS) is 15.2. The van der Waals surface area contributed by atoms with Crippen LogP contribution in [0.2, 0.25) is 0 Å². The van der Waals surface area contributed by atoms with Gasteiger partial charge in [-0.05, 0) is 37.6 Å². The van der Waals surface area contributed by atoms with E-state index in [1.165, 1.54) is 0 Å². The molecular weight excluding hydrogens is 314 g/mol. The average Bonchev–Trinajstić information content (AvgIpc) is 2.58. The Morgan fingerprint density at radius 3 is 2.52 bits per heavy atom. The van der Waals surface area contributed by atoms with Crippen LogP contribution in [0.25, 0.3) is 5.57 Å². The third kappa shape index (κ3) is 3.20. The molecule has 0 fully saturated rings. The van der Waals surface area contributed by atoms with Gasteiger partial charge in [-0.15, -0.1) is 0 Å². The predicted molar refractivity (Wildman–Crippen MR) is 99.0 cm³/mol. The summed E-state index contributed by atoms with van der Waals surface area (Å²) in [5, 5.41) is 0. The Morgan fingerprint density at radius 1 is 1.12 bits per heavy atom. The molecule has 0 aromatic heterocycles. The lowest BCUT2D eigenvalue weighted by Gasteiger charge is -2.41. The number of benzene rings is 2. The fourth-order valence-corrected chi connectivity index (χ4v) is 3.38. The van der Waals surface area contributed by atoms with E-state index in [-0.39, 0.29) is 5.91 Å². The molecule has 3 rings (SSSR count). The highest BCUT2D eigenvalue weighted by Crippen LogP contribution is 2.39. The second kappa shape index (κ2) is 6.55. The second-order valence-corrected chi connectivity index (χ2v) is 6.64. The Hall–Kier alpha value is -2.88. The Kier molecular flexibility index (Phi) is 4.45. The number of aldehydes is 1. The minimum atomic E-state index is -0.455. The molecule has 0 saturated heterocycles. The zero-order valence-corrected chi connectivity index (χ0v) is 14.7. The molecule has 2 aromatic rings. The maximum absolute atomic E-state index is 12.2. The molecule has 1 amide bonds. The highest BCUT2D eigenvalue weighted by molar-refractivity contribution is 5.99. The van der Waals surface area contributed by atoms with Crippen LogP contribution in [0.5, 0.6) is 5.75 Å². The number of ether oxygens (including phenoxy) is 1. The van der Waals surface area contributed by atoms with Crippen LogP contribution in [-0.2, 0) is 4.79 Å². The van der Waals surface area contributed by atoms with E-state index >= 15 is 0 Å². The number of hydrogen-bond acceptors (Lipinski definition) is 3. The molecule has 0 saturated carbocycles. The second-order valence-electron chi connectivity index (χ2n) is 6.64. The zero-order valence-electron chi connectivity index (χ0n) is 14.7. The van der Waals surface area contributed by atoms with Crippen molar-refractivity contribution >= 4 is 23.5 Å². The van der Waals surface area contributed by atoms with Gasteiger partial charge in [0, 0.05) is 12.5 Å². The van der Waals surface area contributed by atoms with Crippen LogP contribution < -0.4 is 9.64 Å². The number of nitrogens with zero attached hydrogens (tertiary/aromatic N) is 1. The monoisotopic (exact) mass is 335 g/mol. The van der Waals surface area contributed by atoms with Crippen molar-refractivity contribution in [3.63, 3.8) is 0 Å². The number of para-hydroxylation sites is 2. The SMILES string of the molecule is CC(=O)N1c2ccccc2C(COc2ccccc2C=O)=CC1(C)C. The number of rotatable bonds is 4. The first kappa shape index (κ1) is 17.0. The summed E-state index contributed by atoms with van der Waals surface area (Å²) in [6, 6.07) is 15.0. The number of fused-ring (bicyclic) bond motifs is 1. The highest BCUT2D eigenvalue weighted by Gasteiger charge is 2.34. The van der Waals surface area contributed by atoms with Crippen molar-refractivity contribution in [2.75, 3.05) is 11.5 Å². The van der Waals surface area contributed by atoms with Crippen LogP contribution in [0.1, 0.15) is 36.7 Å². The summed E-state index contributed by atoms with van der Waals surface area (Å²) in [5.41, 5.74) is 2.92. The lowest BCUT2D eigenvalue weighted by atomic mass is 9.88. The first-order chi connectivity index (χ1) is 11.9. The van der Waals surface area contributed by atoms with Crippen LogP contribution in [0.3, 0.4) is 0 Å². The van der Waals surface area contributed by atoms with E-state index in [4.69, 9.17) is 4.74 Å². The van der Waals surface area contributed by atoms with E-state index in [0.29, 0.717) is 17.9 Å². The number of carbonyl (C=O) groups excluding carboxylic acids is 2. The Balaban J connectivity index is 1.96. The molecule has 1 aliphatic rings. The van der Waals surface area contributed by atoms with Gasteiger partial charge >= 0.3 is 0 Å². The molecule has 25 heavy (non-hydrogen) atoms. The van der Waals surface area contributed by atoms with Gasteiger partial charge in [0.2, 0.25) is 5.91 Å². The molecule has 0 radical (unpaired) electrons. The van der Waals surface area contributed by atoms with Gasteiger partial charge in [-0.1, -0.05) is 36.4 Å². The lowest BCUT2D eigenvalue weighted by molar-refractivity contribution is -0.117. The first-order valence-corrected chi connectivity index (χ1v) is 8.23. The fourth-order valence-electron chi connectivity index (χ4n) is 3.38. The van der Waals surface area contributed by atoms with E-state index in [1.807, 2.05) is 44.2 Å². The molecule has 128 valence electrons. The minimum Gasteiger partial charge on any atom is -0.488 e. The summed E-state index contributed by atoms with van der Waals surface area (Å²) in [6.45, 7) is 5.92. The van der Waals surface area contributed by atoms with Crippen molar-refractivity contribution in [1.29, 1.82) is 0 Å². The van der Waals surface area contributed by atoms with E-state index < -0.39 is 5.54 Å². The van der Waals surface area contributed by atoms with Crippen molar-refractivity contribution in [3.8, 4) is 5.75 Å². The summed E-state index contributed by atoms with van der Waals surface area (Å²) < 4.78 is 5.91. The number of hydrogen-bond donors (Lipinski definition) is 0. The van der Waals surface area contributed by atoms with Crippen molar-refractivity contribution in [1.82, 2.24) is 0 Å². The molecular formula is C21H21NO3. The standard InChI is InChI=1S/C21H21NO3/c1-15(24)22-19-10-6-5-9-18(19)17(12-21(22,2)3)14-25-20-11-7-4-8-16(20)13-23/h4-13H,14H2,1-3H3. The summed E-state index contributed by atoms with van der Waals surface area (Å²) in [5.74, 6) is 0.558. The molecule has 4 nitrogen and oxygen atoms in total. The van der Waals surface area contributed by atoms with Gasteiger partial charge in [-0.2, -0.15) is 0 Å². The van der Waals surface area contributed by atoms with Crippen molar-refractivity contribution in [2.24, 2.45) is 0 Å². The molecule has 1 aliphatic heterocycles. The fraction of sp³-hybridized carbons (Fsp3) is 0.238. The van der Waals surface area contributed by atoms with E-state index in [0.717, 1.165) is 23.1 Å². The summed E-state index contributed by atoms with van der Waals surface area (Å²) in [7, 11) is 0. The summed E-state index contributed by atoms with van der Waals surface area (Å²) >= 11 is 0. The van der Waals surface area contributed by atoms with Crippen LogP contribution in [0.4, 0.5) is 5.69 Å². The quantitative estimate of drug-likeness (QED) is 0.790. The van der Waals surface area contributed by atoms with Crippen LogP contribution in [0.15, 0.2) is 54.6 Å². The van der Waals surface area contributed by atoms with Crippen molar-refractivity contribution in [2.45, 2.75) is 26.3 Å². The van der Waals surface area contributed by atoms with E-state index in [9.17, 15) is 9.59 Å². The topological polar surface area (TPSA) is 46.6 Å². The van der Waals surface area contributed by atoms with Gasteiger partial charge < -0.3 is 9.64 Å². The molecule has 0 aliphatic carbocycles. The zero-order chi connectivity index (χ0) is 18.0. The minimum absolute atomic E-state index is 0.0000288. The number of anilines is 1. The van der Waals surface area contributed by atoms with Gasteiger partial charge in [0.25, 0.3) is 0 Å². The predicted octanol–water partition coefficient (Wildman–Crippen LogP) is 4.11. The van der Waals surface area contributed by atoms with Gasteiger partial charge in [0.05, 0.1) is 16.8 Å². The molecule has 0 bridgehead atoms. The summed E-state index contributed by atoms with van der Waals surface area (Å²) in [6.07, 6.45) is 2.85. The average molecular weight is 335 g/mol. The molecule has 2 aromatic carbocycles. The molecule has 0 unspecified atom stereocenters. The van der Waals surface area contributed by atoms with Gasteiger partial charge in [0.15, 0.2) is 6.29 Å². The maximum atomic E-state index is 12.2.